The lowest BCUT2D eigenvalue weighted by Crippen LogP contribution is -2.54. The Balaban J connectivity index is 2.03. The molecular formula is C14H25NO. The minimum absolute atomic E-state index is 0.102. The lowest BCUT2D eigenvalue weighted by atomic mass is 9.86. The number of ketones is 1. The van der Waals surface area contributed by atoms with E-state index in [0.717, 1.165) is 25.4 Å². The van der Waals surface area contributed by atoms with Crippen molar-refractivity contribution in [3.05, 3.63) is 0 Å². The fourth-order valence-corrected chi connectivity index (χ4v) is 3.47. The normalized spacial score (nSPS) is 29.0. The summed E-state index contributed by atoms with van der Waals surface area (Å²) in [6.07, 6.45) is 9.79. The molecule has 2 heteroatoms. The third kappa shape index (κ3) is 2.65. The molecule has 2 fully saturated rings. The number of carbonyl (C=O) groups is 1. The molecule has 0 aromatic rings. The Bertz CT molecular complexity index is 251. The summed E-state index contributed by atoms with van der Waals surface area (Å²) in [4.78, 5) is 14.2. The standard InChI is InChI=1S/C14H25NO/c1-14(2)11-13(16)9-10-15(14)12-7-5-3-4-6-8-12/h12H,3-11H2,1-2H3. The first kappa shape index (κ1) is 12.1. The van der Waals surface area contributed by atoms with E-state index in [9.17, 15) is 4.79 Å². The minimum atomic E-state index is 0.102. The van der Waals surface area contributed by atoms with Gasteiger partial charge in [0, 0.05) is 31.0 Å². The second-order valence-electron chi connectivity index (χ2n) is 6.12. The molecule has 1 aliphatic heterocycles. The maximum atomic E-state index is 11.5. The molecule has 0 radical (unpaired) electrons. The maximum Gasteiger partial charge on any atom is 0.136 e. The summed E-state index contributed by atoms with van der Waals surface area (Å²) in [5.41, 5.74) is 0.102. The molecule has 16 heavy (non-hydrogen) atoms. The van der Waals surface area contributed by atoms with Gasteiger partial charge in [-0.05, 0) is 26.7 Å². The van der Waals surface area contributed by atoms with Crippen molar-refractivity contribution in [3.63, 3.8) is 0 Å². The zero-order chi connectivity index (χ0) is 11.6. The van der Waals surface area contributed by atoms with Gasteiger partial charge in [0.05, 0.1) is 0 Å². The van der Waals surface area contributed by atoms with Crippen molar-refractivity contribution in [1.82, 2.24) is 4.90 Å². The molecule has 2 nitrogen and oxygen atoms in total. The van der Waals surface area contributed by atoms with E-state index < -0.39 is 0 Å². The maximum absolute atomic E-state index is 11.5. The Hall–Kier alpha value is -0.370. The molecule has 0 aromatic heterocycles. The van der Waals surface area contributed by atoms with Crippen LogP contribution < -0.4 is 0 Å². The second-order valence-corrected chi connectivity index (χ2v) is 6.12. The van der Waals surface area contributed by atoms with Gasteiger partial charge in [-0.25, -0.2) is 0 Å². The topological polar surface area (TPSA) is 20.3 Å². The molecule has 92 valence electrons. The molecule has 0 spiro atoms. The predicted molar refractivity (Wildman–Crippen MR) is 66.5 cm³/mol. The molecule has 2 rings (SSSR count). The Morgan fingerprint density at radius 1 is 1.12 bits per heavy atom. The van der Waals surface area contributed by atoms with Crippen molar-refractivity contribution in [2.45, 2.75) is 76.8 Å². The summed E-state index contributed by atoms with van der Waals surface area (Å²) < 4.78 is 0. The van der Waals surface area contributed by atoms with E-state index >= 15 is 0 Å². The number of piperidine rings is 1. The van der Waals surface area contributed by atoms with Crippen LogP contribution in [0.3, 0.4) is 0 Å². The Morgan fingerprint density at radius 2 is 1.75 bits per heavy atom. The number of carbonyl (C=O) groups excluding carboxylic acids is 1. The van der Waals surface area contributed by atoms with Gasteiger partial charge in [0.25, 0.3) is 0 Å². The van der Waals surface area contributed by atoms with Crippen molar-refractivity contribution in [1.29, 1.82) is 0 Å². The van der Waals surface area contributed by atoms with Crippen LogP contribution in [0, 0.1) is 0 Å². The summed E-state index contributed by atoms with van der Waals surface area (Å²) in [7, 11) is 0. The molecule has 0 bridgehead atoms. The molecule has 0 atom stereocenters. The number of hydrogen-bond acceptors (Lipinski definition) is 2. The van der Waals surface area contributed by atoms with E-state index in [0.29, 0.717) is 5.78 Å². The highest BCUT2D eigenvalue weighted by molar-refractivity contribution is 5.80. The molecule has 0 unspecified atom stereocenters. The quantitative estimate of drug-likeness (QED) is 0.636. The summed E-state index contributed by atoms with van der Waals surface area (Å²) in [5, 5.41) is 0. The van der Waals surface area contributed by atoms with Gasteiger partial charge in [-0.3, -0.25) is 9.69 Å². The van der Waals surface area contributed by atoms with Gasteiger partial charge in [0.1, 0.15) is 5.78 Å². The van der Waals surface area contributed by atoms with Crippen LogP contribution in [0.1, 0.15) is 65.2 Å². The van der Waals surface area contributed by atoms with E-state index in [4.69, 9.17) is 0 Å². The fraction of sp³-hybridized carbons (Fsp3) is 0.929. The van der Waals surface area contributed by atoms with Gasteiger partial charge < -0.3 is 0 Å². The number of nitrogens with zero attached hydrogens (tertiary/aromatic N) is 1. The number of rotatable bonds is 1. The van der Waals surface area contributed by atoms with Crippen molar-refractivity contribution in [2.75, 3.05) is 6.54 Å². The fourth-order valence-electron chi connectivity index (χ4n) is 3.47. The molecule has 1 heterocycles. The van der Waals surface area contributed by atoms with Crippen LogP contribution in [0.15, 0.2) is 0 Å². The highest BCUT2D eigenvalue weighted by Crippen LogP contribution is 2.32. The van der Waals surface area contributed by atoms with Gasteiger partial charge in [-0.1, -0.05) is 25.7 Å². The number of likely N-dealkylation sites (tertiary alicyclic amines) is 1. The summed E-state index contributed by atoms with van der Waals surface area (Å²) >= 11 is 0. The first-order valence-corrected chi connectivity index (χ1v) is 6.88. The van der Waals surface area contributed by atoms with Crippen LogP contribution in [0.5, 0.6) is 0 Å². The van der Waals surface area contributed by atoms with Crippen LogP contribution in [0.25, 0.3) is 0 Å². The van der Waals surface area contributed by atoms with E-state index in [1.54, 1.807) is 0 Å². The molecule has 0 amide bonds. The lowest BCUT2D eigenvalue weighted by molar-refractivity contribution is -0.127. The lowest BCUT2D eigenvalue weighted by Gasteiger charge is -2.46. The molecule has 1 aliphatic carbocycles. The molecule has 1 saturated carbocycles. The highest BCUT2D eigenvalue weighted by Gasteiger charge is 2.37. The average molecular weight is 223 g/mol. The first-order chi connectivity index (χ1) is 7.59. The third-order valence-electron chi connectivity index (χ3n) is 4.30. The zero-order valence-electron chi connectivity index (χ0n) is 10.8. The summed E-state index contributed by atoms with van der Waals surface area (Å²) in [6, 6.07) is 0.741. The summed E-state index contributed by atoms with van der Waals surface area (Å²) in [5.74, 6) is 0.454. The predicted octanol–water partition coefficient (Wildman–Crippen LogP) is 3.15. The van der Waals surface area contributed by atoms with E-state index in [1.807, 2.05) is 0 Å². The van der Waals surface area contributed by atoms with Crippen LogP contribution in [-0.2, 0) is 4.79 Å². The second kappa shape index (κ2) is 4.87. The van der Waals surface area contributed by atoms with E-state index in [2.05, 4.69) is 18.7 Å². The van der Waals surface area contributed by atoms with Gasteiger partial charge in [-0.15, -0.1) is 0 Å². The van der Waals surface area contributed by atoms with Crippen LogP contribution in [0.2, 0.25) is 0 Å². The third-order valence-corrected chi connectivity index (χ3v) is 4.30. The van der Waals surface area contributed by atoms with Gasteiger partial charge >= 0.3 is 0 Å². The molecule has 2 aliphatic rings. The Morgan fingerprint density at radius 3 is 2.31 bits per heavy atom. The van der Waals surface area contributed by atoms with Gasteiger partial charge in [0.2, 0.25) is 0 Å². The SMILES string of the molecule is CC1(C)CC(=O)CCN1C1CCCCCC1. The first-order valence-electron chi connectivity index (χ1n) is 6.88. The van der Waals surface area contributed by atoms with Crippen LogP contribution in [0.4, 0.5) is 0 Å². The molecular weight excluding hydrogens is 198 g/mol. The van der Waals surface area contributed by atoms with Crippen molar-refractivity contribution >= 4 is 5.78 Å². The van der Waals surface area contributed by atoms with E-state index in [1.165, 1.54) is 38.5 Å². The average Bonchev–Trinajstić information content (AvgIpc) is 2.44. The largest absolute Gasteiger partial charge is 0.300 e. The van der Waals surface area contributed by atoms with Crippen molar-refractivity contribution in [3.8, 4) is 0 Å². The van der Waals surface area contributed by atoms with Crippen LogP contribution in [-0.4, -0.2) is 28.8 Å². The smallest absolute Gasteiger partial charge is 0.136 e. The van der Waals surface area contributed by atoms with Crippen molar-refractivity contribution < 1.29 is 4.79 Å². The van der Waals surface area contributed by atoms with Crippen molar-refractivity contribution in [2.24, 2.45) is 0 Å². The van der Waals surface area contributed by atoms with E-state index in [-0.39, 0.29) is 5.54 Å². The van der Waals surface area contributed by atoms with Gasteiger partial charge in [-0.2, -0.15) is 0 Å². The zero-order valence-corrected chi connectivity index (χ0v) is 10.8. The highest BCUT2D eigenvalue weighted by atomic mass is 16.1. The Labute approximate surface area is 99.4 Å². The number of hydrogen-bond donors (Lipinski definition) is 0. The Kier molecular flexibility index (Phi) is 3.68. The minimum Gasteiger partial charge on any atom is -0.300 e. The molecule has 0 aromatic carbocycles. The monoisotopic (exact) mass is 223 g/mol. The molecule has 1 saturated heterocycles. The molecule has 0 N–H and O–H groups in total. The van der Waals surface area contributed by atoms with Gasteiger partial charge in [0.15, 0.2) is 0 Å². The van der Waals surface area contributed by atoms with Crippen LogP contribution >= 0.6 is 0 Å². The summed E-state index contributed by atoms with van der Waals surface area (Å²) in [6.45, 7) is 5.49. The number of Topliss-reactive ketones (excluding diaryl/α,β-unsaturated/α-hetero) is 1.